The number of hydrogen-bond donors (Lipinski definition) is 1. The molecule has 1 amide bonds. The van der Waals surface area contributed by atoms with Crippen LogP contribution in [0.4, 0.5) is 18.9 Å². The molecule has 0 bridgehead atoms. The Morgan fingerprint density at radius 1 is 1.04 bits per heavy atom. The van der Waals surface area contributed by atoms with Gasteiger partial charge < -0.3 is 9.73 Å². The first-order valence-corrected chi connectivity index (χ1v) is 9.22. The van der Waals surface area contributed by atoms with Gasteiger partial charge in [0.1, 0.15) is 5.76 Å². The van der Waals surface area contributed by atoms with Crippen molar-refractivity contribution >= 4 is 57.4 Å². The van der Waals surface area contributed by atoms with Crippen molar-refractivity contribution in [1.29, 1.82) is 0 Å². The van der Waals surface area contributed by atoms with E-state index in [1.807, 2.05) is 0 Å². The third-order valence-electron chi connectivity index (χ3n) is 3.56. The molecule has 0 saturated heterocycles. The van der Waals surface area contributed by atoms with E-state index in [1.165, 1.54) is 24.3 Å². The Kier molecular flexibility index (Phi) is 5.73. The summed E-state index contributed by atoms with van der Waals surface area (Å²) in [5.41, 5.74) is -0.826. The number of carbonyl (C=O) groups excluding carboxylic acids is 1. The molecule has 0 spiro atoms. The van der Waals surface area contributed by atoms with Crippen LogP contribution in [0.1, 0.15) is 16.1 Å². The fourth-order valence-corrected chi connectivity index (χ4v) is 3.21. The van der Waals surface area contributed by atoms with Gasteiger partial charge in [0.2, 0.25) is 0 Å². The van der Waals surface area contributed by atoms with E-state index in [4.69, 9.17) is 27.6 Å². The van der Waals surface area contributed by atoms with Crippen LogP contribution in [0.5, 0.6) is 0 Å². The molecule has 0 aliphatic carbocycles. The van der Waals surface area contributed by atoms with E-state index in [2.05, 4.69) is 5.32 Å². The van der Waals surface area contributed by atoms with Gasteiger partial charge >= 0.3 is 6.18 Å². The molecule has 0 radical (unpaired) electrons. The summed E-state index contributed by atoms with van der Waals surface area (Å²) in [5, 5.41) is 3.02. The standard InChI is InChI=1S/C18H9Cl2F3INO2/c19-9-1-3-13(20)11(7-9)15-5-6-16(27-15)17(26)25-14-4-2-10(24)8-12(14)18(21,22)23/h1-8H,(H,25,26). The van der Waals surface area contributed by atoms with E-state index in [1.54, 1.807) is 40.8 Å². The minimum atomic E-state index is -4.60. The second kappa shape index (κ2) is 7.73. The average molecular weight is 526 g/mol. The Labute approximate surface area is 175 Å². The van der Waals surface area contributed by atoms with Crippen molar-refractivity contribution < 1.29 is 22.4 Å². The smallest absolute Gasteiger partial charge is 0.418 e. The van der Waals surface area contributed by atoms with E-state index >= 15 is 0 Å². The minimum Gasteiger partial charge on any atom is -0.451 e. The molecule has 0 atom stereocenters. The first kappa shape index (κ1) is 20.0. The van der Waals surface area contributed by atoms with Gasteiger partial charge in [0.15, 0.2) is 5.76 Å². The van der Waals surface area contributed by atoms with Gasteiger partial charge in [-0.2, -0.15) is 13.2 Å². The van der Waals surface area contributed by atoms with Gasteiger partial charge in [-0.15, -0.1) is 0 Å². The SMILES string of the molecule is O=C(Nc1ccc(I)cc1C(F)(F)F)c1ccc(-c2cc(Cl)ccc2Cl)o1. The molecule has 3 aromatic rings. The maximum absolute atomic E-state index is 13.2. The van der Waals surface area contributed by atoms with E-state index in [0.717, 1.165) is 6.07 Å². The number of rotatable bonds is 3. The molecule has 0 fully saturated rings. The van der Waals surface area contributed by atoms with E-state index in [-0.39, 0.29) is 17.2 Å². The Bertz CT molecular complexity index is 1020. The van der Waals surface area contributed by atoms with Gasteiger partial charge in [-0.1, -0.05) is 23.2 Å². The van der Waals surface area contributed by atoms with Crippen LogP contribution in [0.25, 0.3) is 11.3 Å². The molecule has 1 heterocycles. The number of halogens is 6. The summed E-state index contributed by atoms with van der Waals surface area (Å²) in [6.07, 6.45) is -4.60. The lowest BCUT2D eigenvalue weighted by molar-refractivity contribution is -0.137. The van der Waals surface area contributed by atoms with Crippen LogP contribution >= 0.6 is 45.8 Å². The summed E-state index contributed by atoms with van der Waals surface area (Å²) in [5.74, 6) is -0.704. The molecule has 140 valence electrons. The number of hydrogen-bond acceptors (Lipinski definition) is 2. The van der Waals surface area contributed by atoms with Crippen LogP contribution in [-0.4, -0.2) is 5.91 Å². The number of amides is 1. The molecule has 3 nitrogen and oxygen atoms in total. The van der Waals surface area contributed by atoms with Crippen LogP contribution in [-0.2, 0) is 6.18 Å². The molecule has 2 aromatic carbocycles. The zero-order chi connectivity index (χ0) is 19.8. The molecular formula is C18H9Cl2F3INO2. The second-order valence-electron chi connectivity index (χ2n) is 5.43. The lowest BCUT2D eigenvalue weighted by atomic mass is 10.1. The molecule has 3 rings (SSSR count). The molecule has 0 aliphatic rings. The summed E-state index contributed by atoms with van der Waals surface area (Å²) in [6, 6.07) is 11.2. The number of carbonyl (C=O) groups is 1. The fourth-order valence-electron chi connectivity index (χ4n) is 2.33. The van der Waals surface area contributed by atoms with Crippen LogP contribution < -0.4 is 5.32 Å². The normalized spacial score (nSPS) is 11.5. The Hall–Kier alpha value is -1.71. The predicted molar refractivity (Wildman–Crippen MR) is 106 cm³/mol. The maximum Gasteiger partial charge on any atom is 0.418 e. The van der Waals surface area contributed by atoms with Gasteiger partial charge in [0.25, 0.3) is 5.91 Å². The van der Waals surface area contributed by atoms with E-state index < -0.39 is 17.6 Å². The Morgan fingerprint density at radius 2 is 1.78 bits per heavy atom. The average Bonchev–Trinajstić information content (AvgIpc) is 3.07. The topological polar surface area (TPSA) is 42.2 Å². The zero-order valence-corrected chi connectivity index (χ0v) is 16.9. The molecule has 0 saturated carbocycles. The van der Waals surface area contributed by atoms with Crippen molar-refractivity contribution in [1.82, 2.24) is 0 Å². The minimum absolute atomic E-state index is 0.160. The number of nitrogens with one attached hydrogen (secondary N) is 1. The van der Waals surface area contributed by atoms with Crippen molar-refractivity contribution in [2.45, 2.75) is 6.18 Å². The number of furan rings is 1. The summed E-state index contributed by atoms with van der Waals surface area (Å²) in [7, 11) is 0. The molecule has 1 aromatic heterocycles. The van der Waals surface area contributed by atoms with E-state index in [0.29, 0.717) is 19.2 Å². The highest BCUT2D eigenvalue weighted by Crippen LogP contribution is 2.36. The molecule has 9 heteroatoms. The molecule has 0 aliphatic heterocycles. The lowest BCUT2D eigenvalue weighted by Gasteiger charge is -2.13. The van der Waals surface area contributed by atoms with Gasteiger partial charge in [-0.25, -0.2) is 0 Å². The third-order valence-corrected chi connectivity index (χ3v) is 4.79. The number of anilines is 1. The first-order valence-electron chi connectivity index (χ1n) is 7.38. The maximum atomic E-state index is 13.2. The second-order valence-corrected chi connectivity index (χ2v) is 7.52. The largest absolute Gasteiger partial charge is 0.451 e. The van der Waals surface area contributed by atoms with Crippen molar-refractivity contribution in [3.05, 3.63) is 73.5 Å². The third kappa shape index (κ3) is 4.59. The molecule has 27 heavy (non-hydrogen) atoms. The Balaban J connectivity index is 1.89. The molecule has 0 unspecified atom stereocenters. The summed E-state index contributed by atoms with van der Waals surface area (Å²) >= 11 is 13.8. The van der Waals surface area contributed by atoms with E-state index in [9.17, 15) is 18.0 Å². The lowest BCUT2D eigenvalue weighted by Crippen LogP contribution is -2.16. The van der Waals surface area contributed by atoms with Crippen molar-refractivity contribution in [2.24, 2.45) is 0 Å². The summed E-state index contributed by atoms with van der Waals surface area (Å²) in [4.78, 5) is 12.3. The summed E-state index contributed by atoms with van der Waals surface area (Å²) in [6.45, 7) is 0. The van der Waals surface area contributed by atoms with Crippen molar-refractivity contribution in [3.8, 4) is 11.3 Å². The zero-order valence-electron chi connectivity index (χ0n) is 13.2. The first-order chi connectivity index (χ1) is 12.6. The highest BCUT2D eigenvalue weighted by atomic mass is 127. The van der Waals surface area contributed by atoms with Gasteiger partial charge in [-0.3, -0.25) is 4.79 Å². The van der Waals surface area contributed by atoms with Crippen molar-refractivity contribution in [3.63, 3.8) is 0 Å². The van der Waals surface area contributed by atoms with Gasteiger partial charge in [-0.05, 0) is 71.1 Å². The van der Waals surface area contributed by atoms with Gasteiger partial charge in [0, 0.05) is 14.2 Å². The van der Waals surface area contributed by atoms with Gasteiger partial charge in [0.05, 0.1) is 16.3 Å². The van der Waals surface area contributed by atoms with Crippen LogP contribution in [0, 0.1) is 3.57 Å². The highest BCUT2D eigenvalue weighted by molar-refractivity contribution is 14.1. The van der Waals surface area contributed by atoms with Crippen LogP contribution in [0.3, 0.4) is 0 Å². The predicted octanol–water partition coefficient (Wildman–Crippen LogP) is 7.13. The summed E-state index contributed by atoms with van der Waals surface area (Å²) < 4.78 is 45.4. The quantitative estimate of drug-likeness (QED) is 0.370. The molecular weight excluding hydrogens is 517 g/mol. The Morgan fingerprint density at radius 3 is 2.48 bits per heavy atom. The van der Waals surface area contributed by atoms with Crippen LogP contribution in [0.2, 0.25) is 10.0 Å². The molecule has 1 N–H and O–H groups in total. The number of benzene rings is 2. The van der Waals surface area contributed by atoms with Crippen LogP contribution in [0.15, 0.2) is 52.9 Å². The monoisotopic (exact) mass is 525 g/mol. The number of alkyl halides is 3. The van der Waals surface area contributed by atoms with Crippen molar-refractivity contribution in [2.75, 3.05) is 5.32 Å². The highest BCUT2D eigenvalue weighted by Gasteiger charge is 2.34. The fraction of sp³-hybridized carbons (Fsp3) is 0.0556.